The van der Waals surface area contributed by atoms with E-state index in [9.17, 15) is 4.79 Å². The van der Waals surface area contributed by atoms with Gasteiger partial charge in [-0.05, 0) is 36.6 Å². The highest BCUT2D eigenvalue weighted by Gasteiger charge is 2.23. The van der Waals surface area contributed by atoms with Crippen molar-refractivity contribution in [3.05, 3.63) is 54.4 Å². The SMILES string of the molecule is COc1ccccc1NC(=O)N(Cc1cccnc1)CC1CCCO1. The molecular weight excluding hydrogens is 318 g/mol. The van der Waals surface area contributed by atoms with E-state index < -0.39 is 0 Å². The van der Waals surface area contributed by atoms with Crippen LogP contribution < -0.4 is 10.1 Å². The lowest BCUT2D eigenvalue weighted by Crippen LogP contribution is -2.39. The topological polar surface area (TPSA) is 63.7 Å². The summed E-state index contributed by atoms with van der Waals surface area (Å²) in [6, 6.07) is 11.0. The van der Waals surface area contributed by atoms with Crippen molar-refractivity contribution >= 4 is 11.7 Å². The maximum atomic E-state index is 12.9. The number of rotatable bonds is 6. The average Bonchev–Trinajstić information content (AvgIpc) is 3.15. The maximum absolute atomic E-state index is 12.9. The van der Waals surface area contributed by atoms with Crippen molar-refractivity contribution in [2.75, 3.05) is 25.6 Å². The Bertz CT molecular complexity index is 687. The molecule has 25 heavy (non-hydrogen) atoms. The third kappa shape index (κ3) is 4.70. The number of nitrogens with zero attached hydrogens (tertiary/aromatic N) is 2. The highest BCUT2D eigenvalue weighted by molar-refractivity contribution is 5.91. The van der Waals surface area contributed by atoms with E-state index >= 15 is 0 Å². The molecule has 132 valence electrons. The maximum Gasteiger partial charge on any atom is 0.322 e. The molecule has 0 spiro atoms. The van der Waals surface area contributed by atoms with Gasteiger partial charge in [0.05, 0.1) is 18.9 Å². The molecule has 0 aliphatic carbocycles. The van der Waals surface area contributed by atoms with Gasteiger partial charge in [-0.2, -0.15) is 0 Å². The van der Waals surface area contributed by atoms with Crippen molar-refractivity contribution in [2.45, 2.75) is 25.5 Å². The van der Waals surface area contributed by atoms with Crippen molar-refractivity contribution in [1.29, 1.82) is 0 Å². The fourth-order valence-electron chi connectivity index (χ4n) is 2.91. The molecule has 3 rings (SSSR count). The van der Waals surface area contributed by atoms with Gasteiger partial charge in [0, 0.05) is 32.1 Å². The smallest absolute Gasteiger partial charge is 0.322 e. The van der Waals surface area contributed by atoms with Crippen molar-refractivity contribution in [3.63, 3.8) is 0 Å². The van der Waals surface area contributed by atoms with Crippen molar-refractivity contribution in [3.8, 4) is 5.75 Å². The lowest BCUT2D eigenvalue weighted by Gasteiger charge is -2.26. The molecule has 1 saturated heterocycles. The summed E-state index contributed by atoms with van der Waals surface area (Å²) < 4.78 is 11.0. The van der Waals surface area contributed by atoms with E-state index in [1.807, 2.05) is 36.4 Å². The number of para-hydroxylation sites is 2. The minimum absolute atomic E-state index is 0.0834. The largest absolute Gasteiger partial charge is 0.495 e. The Morgan fingerprint density at radius 1 is 1.36 bits per heavy atom. The zero-order valence-corrected chi connectivity index (χ0v) is 14.4. The summed E-state index contributed by atoms with van der Waals surface area (Å²) in [6.07, 6.45) is 5.60. The first kappa shape index (κ1) is 17.2. The van der Waals surface area contributed by atoms with Crippen LogP contribution in [-0.2, 0) is 11.3 Å². The molecule has 0 saturated carbocycles. The van der Waals surface area contributed by atoms with Gasteiger partial charge in [-0.15, -0.1) is 0 Å². The van der Waals surface area contributed by atoms with Gasteiger partial charge in [-0.25, -0.2) is 4.79 Å². The van der Waals surface area contributed by atoms with Gasteiger partial charge in [-0.1, -0.05) is 18.2 Å². The lowest BCUT2D eigenvalue weighted by molar-refractivity contribution is 0.0819. The van der Waals surface area contributed by atoms with E-state index in [2.05, 4.69) is 10.3 Å². The summed E-state index contributed by atoms with van der Waals surface area (Å²) in [4.78, 5) is 18.8. The van der Waals surface area contributed by atoms with Crippen LogP contribution in [0.5, 0.6) is 5.75 Å². The van der Waals surface area contributed by atoms with Crippen molar-refractivity contribution in [2.24, 2.45) is 0 Å². The molecule has 1 atom stereocenters. The second-order valence-corrected chi connectivity index (χ2v) is 6.01. The number of hydrogen-bond donors (Lipinski definition) is 1. The number of methoxy groups -OCH3 is 1. The van der Waals surface area contributed by atoms with E-state index in [-0.39, 0.29) is 12.1 Å². The van der Waals surface area contributed by atoms with Crippen LogP contribution in [0, 0.1) is 0 Å². The van der Waals surface area contributed by atoms with Gasteiger partial charge in [0.15, 0.2) is 0 Å². The minimum Gasteiger partial charge on any atom is -0.495 e. The number of anilines is 1. The first-order valence-corrected chi connectivity index (χ1v) is 8.45. The van der Waals surface area contributed by atoms with Gasteiger partial charge < -0.3 is 19.7 Å². The molecule has 1 aromatic heterocycles. The molecule has 1 unspecified atom stereocenters. The number of nitrogens with one attached hydrogen (secondary N) is 1. The number of amides is 2. The van der Waals surface area contributed by atoms with Gasteiger partial charge in [0.2, 0.25) is 0 Å². The molecule has 1 aliphatic heterocycles. The minimum atomic E-state index is -0.177. The fraction of sp³-hybridized carbons (Fsp3) is 0.368. The summed E-state index contributed by atoms with van der Waals surface area (Å²) in [5.74, 6) is 0.634. The lowest BCUT2D eigenvalue weighted by atomic mass is 10.2. The van der Waals surface area contributed by atoms with Crippen LogP contribution in [0.3, 0.4) is 0 Å². The molecule has 1 aromatic carbocycles. The number of hydrogen-bond acceptors (Lipinski definition) is 4. The Morgan fingerprint density at radius 3 is 2.96 bits per heavy atom. The van der Waals surface area contributed by atoms with Crippen molar-refractivity contribution in [1.82, 2.24) is 9.88 Å². The molecule has 0 radical (unpaired) electrons. The van der Waals surface area contributed by atoms with Crippen LogP contribution in [0.25, 0.3) is 0 Å². The highest BCUT2D eigenvalue weighted by Crippen LogP contribution is 2.24. The van der Waals surface area contributed by atoms with Gasteiger partial charge in [0.25, 0.3) is 0 Å². The normalized spacial score (nSPS) is 16.4. The van der Waals surface area contributed by atoms with E-state index in [1.165, 1.54) is 0 Å². The van der Waals surface area contributed by atoms with Crippen LogP contribution in [0.2, 0.25) is 0 Å². The van der Waals surface area contributed by atoms with Crippen LogP contribution in [0.15, 0.2) is 48.8 Å². The molecule has 2 heterocycles. The molecule has 1 aliphatic rings. The molecule has 2 amide bonds. The second-order valence-electron chi connectivity index (χ2n) is 6.01. The Kier molecular flexibility index (Phi) is 5.85. The third-order valence-corrected chi connectivity index (χ3v) is 4.18. The number of aromatic nitrogens is 1. The molecule has 1 N–H and O–H groups in total. The Balaban J connectivity index is 1.73. The predicted molar refractivity (Wildman–Crippen MR) is 95.6 cm³/mol. The molecule has 6 heteroatoms. The molecular formula is C19H23N3O3. The Labute approximate surface area is 147 Å². The van der Waals surface area contributed by atoms with Gasteiger partial charge in [0.1, 0.15) is 5.75 Å². The number of carbonyl (C=O) groups is 1. The van der Waals surface area contributed by atoms with Gasteiger partial charge >= 0.3 is 6.03 Å². The fourth-order valence-corrected chi connectivity index (χ4v) is 2.91. The number of carbonyl (C=O) groups excluding carboxylic acids is 1. The highest BCUT2D eigenvalue weighted by atomic mass is 16.5. The van der Waals surface area contributed by atoms with Gasteiger partial charge in [-0.3, -0.25) is 4.98 Å². The molecule has 2 aromatic rings. The zero-order chi connectivity index (χ0) is 17.5. The van der Waals surface area contributed by atoms with E-state index in [4.69, 9.17) is 9.47 Å². The van der Waals surface area contributed by atoms with Crippen LogP contribution in [-0.4, -0.2) is 42.3 Å². The third-order valence-electron chi connectivity index (χ3n) is 4.18. The first-order chi connectivity index (χ1) is 12.3. The predicted octanol–water partition coefficient (Wildman–Crippen LogP) is 3.30. The number of benzene rings is 1. The summed E-state index contributed by atoms with van der Waals surface area (Å²) in [6.45, 7) is 1.80. The standard InChI is InChI=1S/C19H23N3O3/c1-24-18-9-3-2-8-17(18)21-19(23)22(14-16-7-5-11-25-16)13-15-6-4-10-20-12-15/h2-4,6,8-10,12,16H,5,7,11,13-14H2,1H3,(H,21,23). The molecule has 6 nitrogen and oxygen atoms in total. The van der Waals surface area contributed by atoms with Crippen LogP contribution in [0.1, 0.15) is 18.4 Å². The first-order valence-electron chi connectivity index (χ1n) is 8.45. The Hall–Kier alpha value is -2.60. The molecule has 0 bridgehead atoms. The summed E-state index contributed by atoms with van der Waals surface area (Å²) in [7, 11) is 1.59. The Morgan fingerprint density at radius 2 is 2.24 bits per heavy atom. The monoisotopic (exact) mass is 341 g/mol. The zero-order valence-electron chi connectivity index (χ0n) is 14.4. The summed E-state index contributed by atoms with van der Waals surface area (Å²) in [5.41, 5.74) is 1.63. The van der Waals surface area contributed by atoms with E-state index in [1.54, 1.807) is 24.4 Å². The second kappa shape index (κ2) is 8.48. The number of ether oxygens (including phenoxy) is 2. The number of pyridine rings is 1. The van der Waals surface area contributed by atoms with Crippen LogP contribution >= 0.6 is 0 Å². The van der Waals surface area contributed by atoms with E-state index in [0.29, 0.717) is 24.5 Å². The summed E-state index contributed by atoms with van der Waals surface area (Å²) >= 11 is 0. The quantitative estimate of drug-likeness (QED) is 0.875. The molecule has 1 fully saturated rings. The average molecular weight is 341 g/mol. The van der Waals surface area contributed by atoms with E-state index in [0.717, 1.165) is 25.0 Å². The van der Waals surface area contributed by atoms with Crippen LogP contribution in [0.4, 0.5) is 10.5 Å². The van der Waals surface area contributed by atoms with Crippen molar-refractivity contribution < 1.29 is 14.3 Å². The summed E-state index contributed by atoms with van der Waals surface area (Å²) in [5, 5.41) is 2.94. The number of urea groups is 1.